The van der Waals surface area contributed by atoms with Crippen molar-refractivity contribution in [3.8, 4) is 0 Å². The number of nitrogens with two attached hydrogens (primary N) is 1. The minimum absolute atomic E-state index is 0. The van der Waals surface area contributed by atoms with Crippen LogP contribution in [0.25, 0.3) is 0 Å². The van der Waals surface area contributed by atoms with Crippen molar-refractivity contribution in [3.63, 3.8) is 0 Å². The van der Waals surface area contributed by atoms with Crippen LogP contribution < -0.4 is 16.4 Å². The number of benzene rings is 1. The molecule has 2 aliphatic rings. The molecule has 4 N–H and O–H groups in total. The number of ether oxygens (including phenoxy) is 1. The maximum Gasteiger partial charge on any atom is 0.217 e. The van der Waals surface area contributed by atoms with Crippen molar-refractivity contribution in [2.24, 2.45) is 16.6 Å². The SMILES string of the molecule is CCNC(=NCC1(NC(C)c2ccccc2)CCOCC1)N1CCCC(CC(N)=O)C1.I. The molecule has 0 aromatic heterocycles. The Kier molecular flexibility index (Phi) is 11.2. The number of likely N-dealkylation sites (tertiary alicyclic amines) is 1. The average molecular weight is 558 g/mol. The Morgan fingerprint density at radius 2 is 2.03 bits per heavy atom. The summed E-state index contributed by atoms with van der Waals surface area (Å²) in [6, 6.07) is 10.8. The predicted molar refractivity (Wildman–Crippen MR) is 140 cm³/mol. The Morgan fingerprint density at radius 3 is 2.69 bits per heavy atom. The van der Waals surface area contributed by atoms with E-state index in [0.717, 1.165) is 64.5 Å². The average Bonchev–Trinajstić information content (AvgIpc) is 2.77. The monoisotopic (exact) mass is 557 g/mol. The fraction of sp³-hybridized carbons (Fsp3) is 0.667. The van der Waals surface area contributed by atoms with E-state index in [2.05, 4.69) is 59.7 Å². The van der Waals surface area contributed by atoms with Gasteiger partial charge in [0.15, 0.2) is 5.96 Å². The van der Waals surface area contributed by atoms with Gasteiger partial charge in [-0.1, -0.05) is 30.3 Å². The van der Waals surface area contributed by atoms with Crippen LogP contribution in [0.1, 0.15) is 57.6 Å². The van der Waals surface area contributed by atoms with Crippen LogP contribution >= 0.6 is 24.0 Å². The van der Waals surface area contributed by atoms with Gasteiger partial charge in [0, 0.05) is 50.8 Å². The molecule has 1 aromatic rings. The minimum Gasteiger partial charge on any atom is -0.381 e. The van der Waals surface area contributed by atoms with Crippen LogP contribution in [0, 0.1) is 5.92 Å². The first-order valence-electron chi connectivity index (χ1n) is 11.7. The highest BCUT2D eigenvalue weighted by Gasteiger charge is 2.34. The summed E-state index contributed by atoms with van der Waals surface area (Å²) < 4.78 is 5.68. The number of nitrogens with one attached hydrogen (secondary N) is 2. The molecule has 2 saturated heterocycles. The zero-order valence-corrected chi connectivity index (χ0v) is 21.8. The third-order valence-corrected chi connectivity index (χ3v) is 6.45. The third kappa shape index (κ3) is 7.88. The van der Waals surface area contributed by atoms with Crippen LogP contribution in [0.3, 0.4) is 0 Å². The smallest absolute Gasteiger partial charge is 0.217 e. The van der Waals surface area contributed by atoms with Gasteiger partial charge in [0.1, 0.15) is 0 Å². The summed E-state index contributed by atoms with van der Waals surface area (Å²) in [5.41, 5.74) is 6.65. The van der Waals surface area contributed by atoms with Crippen LogP contribution in [0.15, 0.2) is 35.3 Å². The number of guanidine groups is 1. The molecule has 0 aliphatic carbocycles. The number of aliphatic imine (C=N–C) groups is 1. The zero-order chi connectivity index (χ0) is 22.1. The molecule has 3 rings (SSSR count). The van der Waals surface area contributed by atoms with E-state index >= 15 is 0 Å². The summed E-state index contributed by atoms with van der Waals surface area (Å²) in [7, 11) is 0. The van der Waals surface area contributed by atoms with Crippen molar-refractivity contribution in [2.45, 2.75) is 57.5 Å². The van der Waals surface area contributed by atoms with Crippen LogP contribution in [0.4, 0.5) is 0 Å². The second-order valence-electron chi connectivity index (χ2n) is 8.96. The van der Waals surface area contributed by atoms with E-state index in [1.165, 1.54) is 5.56 Å². The van der Waals surface area contributed by atoms with Crippen molar-refractivity contribution in [1.82, 2.24) is 15.5 Å². The zero-order valence-electron chi connectivity index (χ0n) is 19.5. The molecule has 2 unspecified atom stereocenters. The van der Waals surface area contributed by atoms with Gasteiger partial charge >= 0.3 is 0 Å². The standard InChI is InChI=1S/C24H39N5O2.HI/c1-3-26-23(29-13-7-8-20(17-29)16-22(25)30)27-18-24(11-14-31-15-12-24)28-19(2)21-9-5-4-6-10-21;/h4-6,9-10,19-20,28H,3,7-8,11-18H2,1-2H3,(H2,25,30)(H,26,27);1H. The van der Waals surface area contributed by atoms with E-state index in [0.29, 0.717) is 18.9 Å². The lowest BCUT2D eigenvalue weighted by molar-refractivity contribution is -0.119. The Hall–Kier alpha value is -1.39. The predicted octanol–water partition coefficient (Wildman–Crippen LogP) is 3.06. The van der Waals surface area contributed by atoms with Crippen molar-refractivity contribution in [1.29, 1.82) is 0 Å². The maximum atomic E-state index is 11.4. The molecule has 0 spiro atoms. The number of nitrogens with zero attached hydrogens (tertiary/aromatic N) is 2. The largest absolute Gasteiger partial charge is 0.381 e. The number of primary amides is 1. The molecular formula is C24H40IN5O2. The molecule has 2 aliphatic heterocycles. The summed E-state index contributed by atoms with van der Waals surface area (Å²) >= 11 is 0. The molecule has 2 fully saturated rings. The molecule has 0 radical (unpaired) electrons. The molecule has 0 saturated carbocycles. The Morgan fingerprint density at radius 1 is 1.31 bits per heavy atom. The lowest BCUT2D eigenvalue weighted by atomic mass is 9.88. The topological polar surface area (TPSA) is 92.0 Å². The highest BCUT2D eigenvalue weighted by molar-refractivity contribution is 14.0. The molecule has 0 bridgehead atoms. The highest BCUT2D eigenvalue weighted by atomic mass is 127. The summed E-state index contributed by atoms with van der Waals surface area (Å²) in [4.78, 5) is 18.8. The summed E-state index contributed by atoms with van der Waals surface area (Å²) in [6.07, 6.45) is 4.45. The van der Waals surface area contributed by atoms with Gasteiger partial charge in [0.2, 0.25) is 5.91 Å². The molecule has 7 nitrogen and oxygen atoms in total. The Balaban J connectivity index is 0.00000363. The first-order chi connectivity index (χ1) is 15.0. The number of carbonyl (C=O) groups excluding carboxylic acids is 1. The normalized spacial score (nSPS) is 22.0. The van der Waals surface area contributed by atoms with Gasteiger partial charge in [0.25, 0.3) is 0 Å². The number of piperidine rings is 1. The Labute approximate surface area is 210 Å². The van der Waals surface area contributed by atoms with Crippen molar-refractivity contribution in [3.05, 3.63) is 35.9 Å². The second-order valence-corrected chi connectivity index (χ2v) is 8.96. The van der Waals surface area contributed by atoms with E-state index in [1.807, 2.05) is 0 Å². The van der Waals surface area contributed by atoms with Gasteiger partial charge in [-0.25, -0.2) is 0 Å². The summed E-state index contributed by atoms with van der Waals surface area (Å²) in [5.74, 6) is 1.04. The second kappa shape index (κ2) is 13.3. The first-order valence-corrected chi connectivity index (χ1v) is 11.7. The molecule has 1 aromatic carbocycles. The molecule has 2 heterocycles. The maximum absolute atomic E-state index is 11.4. The van der Waals surface area contributed by atoms with E-state index in [4.69, 9.17) is 15.5 Å². The molecular weight excluding hydrogens is 517 g/mol. The van der Waals surface area contributed by atoms with E-state index in [9.17, 15) is 4.79 Å². The van der Waals surface area contributed by atoms with Crippen LogP contribution in [0.2, 0.25) is 0 Å². The van der Waals surface area contributed by atoms with Gasteiger partial charge in [-0.05, 0) is 51.0 Å². The van der Waals surface area contributed by atoms with E-state index in [1.54, 1.807) is 0 Å². The molecule has 2 atom stereocenters. The summed E-state index contributed by atoms with van der Waals surface area (Å²) in [6.45, 7) is 9.15. The minimum atomic E-state index is -0.214. The quantitative estimate of drug-likeness (QED) is 0.260. The van der Waals surface area contributed by atoms with Crippen molar-refractivity contribution < 1.29 is 9.53 Å². The van der Waals surface area contributed by atoms with Gasteiger partial charge in [-0.15, -0.1) is 24.0 Å². The van der Waals surface area contributed by atoms with E-state index in [-0.39, 0.29) is 41.5 Å². The lowest BCUT2D eigenvalue weighted by Crippen LogP contribution is -2.54. The fourth-order valence-corrected chi connectivity index (χ4v) is 4.76. The number of hydrogen-bond acceptors (Lipinski definition) is 4. The van der Waals surface area contributed by atoms with Gasteiger partial charge in [-0.3, -0.25) is 9.79 Å². The third-order valence-electron chi connectivity index (χ3n) is 6.45. The molecule has 8 heteroatoms. The van der Waals surface area contributed by atoms with Crippen LogP contribution in [-0.4, -0.2) is 61.7 Å². The fourth-order valence-electron chi connectivity index (χ4n) is 4.76. The number of amides is 1. The number of halogens is 1. The van der Waals surface area contributed by atoms with Gasteiger partial charge < -0.3 is 26.0 Å². The van der Waals surface area contributed by atoms with Gasteiger partial charge in [-0.2, -0.15) is 0 Å². The number of rotatable bonds is 8. The molecule has 1 amide bonds. The number of carbonyl (C=O) groups is 1. The van der Waals surface area contributed by atoms with Crippen molar-refractivity contribution in [2.75, 3.05) is 39.4 Å². The first kappa shape index (κ1) is 26.9. The number of hydrogen-bond donors (Lipinski definition) is 3. The van der Waals surface area contributed by atoms with Crippen LogP contribution in [0.5, 0.6) is 0 Å². The lowest BCUT2D eigenvalue weighted by Gasteiger charge is -2.40. The van der Waals surface area contributed by atoms with Crippen molar-refractivity contribution >= 4 is 35.8 Å². The van der Waals surface area contributed by atoms with E-state index < -0.39 is 0 Å². The Bertz CT molecular complexity index is 724. The van der Waals surface area contributed by atoms with Crippen LogP contribution in [-0.2, 0) is 9.53 Å². The molecule has 32 heavy (non-hydrogen) atoms. The molecule has 180 valence electrons. The highest BCUT2D eigenvalue weighted by Crippen LogP contribution is 2.26. The van der Waals surface area contributed by atoms with Gasteiger partial charge in [0.05, 0.1) is 6.54 Å². The summed E-state index contributed by atoms with van der Waals surface area (Å²) in [5, 5.41) is 7.36.